The molecule has 3 rings (SSSR count). The van der Waals surface area contributed by atoms with Crippen molar-refractivity contribution in [2.75, 3.05) is 26.3 Å². The van der Waals surface area contributed by atoms with E-state index in [0.717, 1.165) is 5.57 Å². The lowest BCUT2D eigenvalue weighted by atomic mass is 9.66. The van der Waals surface area contributed by atoms with Crippen molar-refractivity contribution in [2.45, 2.75) is 46.3 Å². The van der Waals surface area contributed by atoms with E-state index in [1.165, 1.54) is 11.0 Å². The van der Waals surface area contributed by atoms with Crippen LogP contribution in [0.1, 0.15) is 27.2 Å². The van der Waals surface area contributed by atoms with Crippen LogP contribution >= 0.6 is 0 Å². The lowest BCUT2D eigenvalue weighted by Gasteiger charge is -2.50. The predicted molar refractivity (Wildman–Crippen MR) is 118 cm³/mol. The summed E-state index contributed by atoms with van der Waals surface area (Å²) in [6, 6.07) is -0.142. The van der Waals surface area contributed by atoms with Crippen LogP contribution in [0, 0.1) is 23.2 Å². The van der Waals surface area contributed by atoms with Crippen molar-refractivity contribution in [3.63, 3.8) is 0 Å². The third-order valence-corrected chi connectivity index (χ3v) is 7.42. The first-order valence-electron chi connectivity index (χ1n) is 10.9. The summed E-state index contributed by atoms with van der Waals surface area (Å²) >= 11 is 0. The molecule has 0 aliphatic carbocycles. The molecule has 2 fully saturated rings. The minimum absolute atomic E-state index is 0.0253. The van der Waals surface area contributed by atoms with Gasteiger partial charge in [0, 0.05) is 25.6 Å². The highest BCUT2D eigenvalue weighted by Crippen LogP contribution is 2.51. The largest absolute Gasteiger partial charge is 0.477 e. The molecule has 0 aromatic carbocycles. The van der Waals surface area contributed by atoms with Crippen molar-refractivity contribution in [2.24, 2.45) is 23.2 Å². The van der Waals surface area contributed by atoms with Crippen LogP contribution in [0.3, 0.4) is 0 Å². The van der Waals surface area contributed by atoms with Crippen molar-refractivity contribution in [3.8, 4) is 0 Å². The molecule has 2 saturated heterocycles. The van der Waals surface area contributed by atoms with Crippen molar-refractivity contribution < 1.29 is 28.7 Å². The van der Waals surface area contributed by atoms with Crippen LogP contribution in [0.25, 0.3) is 0 Å². The molecule has 3 heterocycles. The van der Waals surface area contributed by atoms with Crippen LogP contribution in [0.4, 0.5) is 4.79 Å². The Morgan fingerprint density at radius 2 is 1.97 bits per heavy atom. The number of hydrogen-bond acceptors (Lipinski definition) is 5. The van der Waals surface area contributed by atoms with Crippen LogP contribution in [0.15, 0.2) is 23.9 Å². The van der Waals surface area contributed by atoms with Gasteiger partial charge >= 0.3 is 12.1 Å². The molecule has 2 amide bonds. The van der Waals surface area contributed by atoms with Gasteiger partial charge in [-0.25, -0.2) is 9.59 Å². The standard InChI is InChI=1S/C22H34N2O6Si/c1-7-8-29-21(28)23-10-13(11-23)14-9-16-17(19(25)24(16)18(14)20(26)27)15(22(2,3)4)12-30-31(5)6/h7,13,15-17,31H,1,8-12H2,2-6H3,(H,26,27)/t15-,16-,17+/m1/s1. The van der Waals surface area contributed by atoms with Crippen molar-refractivity contribution in [1.29, 1.82) is 0 Å². The van der Waals surface area contributed by atoms with Gasteiger partial charge in [-0.3, -0.25) is 4.79 Å². The SMILES string of the molecule is C=CCOC(=O)N1CC(C2=C(C(=O)O)N3C(=O)[C@@H]([C@@H](CO[SiH](C)C)C(C)(C)C)[C@H]3C2)C1. The Kier molecular flexibility index (Phi) is 6.66. The zero-order valence-corrected chi connectivity index (χ0v) is 20.2. The molecule has 8 nitrogen and oxygen atoms in total. The summed E-state index contributed by atoms with van der Waals surface area (Å²) in [6.07, 6.45) is 1.63. The number of rotatable bonds is 8. The van der Waals surface area contributed by atoms with Crippen molar-refractivity contribution in [3.05, 3.63) is 23.9 Å². The minimum atomic E-state index is -1.24. The van der Waals surface area contributed by atoms with Crippen LogP contribution < -0.4 is 0 Å². The van der Waals surface area contributed by atoms with Crippen LogP contribution in [0.5, 0.6) is 0 Å². The molecule has 0 radical (unpaired) electrons. The van der Waals surface area contributed by atoms with Gasteiger partial charge in [0.05, 0.1) is 12.0 Å². The highest BCUT2D eigenvalue weighted by molar-refractivity contribution is 6.48. The number of β-lactam (4-membered cyclic amide) rings is 1. The number of nitrogens with zero attached hydrogens (tertiary/aromatic N) is 2. The number of carbonyl (C=O) groups is 3. The minimum Gasteiger partial charge on any atom is -0.477 e. The van der Waals surface area contributed by atoms with E-state index >= 15 is 0 Å². The van der Waals surface area contributed by atoms with E-state index in [9.17, 15) is 19.5 Å². The van der Waals surface area contributed by atoms with E-state index in [4.69, 9.17) is 9.16 Å². The lowest BCUT2D eigenvalue weighted by molar-refractivity contribution is -0.162. The lowest BCUT2D eigenvalue weighted by Crippen LogP contribution is -2.63. The molecule has 9 heteroatoms. The van der Waals surface area contributed by atoms with Crippen molar-refractivity contribution in [1.82, 2.24) is 9.80 Å². The molecule has 1 N–H and O–H groups in total. The second kappa shape index (κ2) is 8.78. The summed E-state index contributed by atoms with van der Waals surface area (Å²) < 4.78 is 11.1. The number of fused-ring (bicyclic) bond motifs is 1. The van der Waals surface area contributed by atoms with Gasteiger partial charge in [0.25, 0.3) is 0 Å². The third kappa shape index (κ3) is 4.43. The molecule has 0 aromatic heterocycles. The first kappa shape index (κ1) is 23.5. The monoisotopic (exact) mass is 450 g/mol. The highest BCUT2D eigenvalue weighted by Gasteiger charge is 2.60. The Morgan fingerprint density at radius 1 is 1.32 bits per heavy atom. The molecule has 0 saturated carbocycles. The molecule has 0 spiro atoms. The zero-order chi connectivity index (χ0) is 23.1. The number of amides is 2. The average molecular weight is 451 g/mol. The van der Waals surface area contributed by atoms with Crippen LogP contribution in [-0.2, 0) is 18.8 Å². The van der Waals surface area contributed by atoms with Gasteiger partial charge in [0.15, 0.2) is 9.04 Å². The van der Waals surface area contributed by atoms with Crippen LogP contribution in [-0.4, -0.2) is 74.3 Å². The first-order valence-corrected chi connectivity index (χ1v) is 13.7. The molecule has 172 valence electrons. The zero-order valence-electron chi connectivity index (χ0n) is 19.1. The molecule has 3 atom stereocenters. The number of carboxylic acids is 1. The quantitative estimate of drug-likeness (QED) is 0.347. The van der Waals surface area contributed by atoms with E-state index < -0.39 is 21.1 Å². The van der Waals surface area contributed by atoms with E-state index in [1.54, 1.807) is 4.90 Å². The maximum absolute atomic E-state index is 13.1. The Labute approximate surface area is 185 Å². The van der Waals surface area contributed by atoms with E-state index in [-0.39, 0.29) is 47.4 Å². The summed E-state index contributed by atoms with van der Waals surface area (Å²) in [7, 11) is -1.24. The molecular weight excluding hydrogens is 416 g/mol. The van der Waals surface area contributed by atoms with Gasteiger partial charge in [-0.15, -0.1) is 0 Å². The molecule has 0 unspecified atom stereocenters. The van der Waals surface area contributed by atoms with Crippen molar-refractivity contribution >= 4 is 27.0 Å². The number of carboxylic acid groups (broad SMARTS) is 1. The summed E-state index contributed by atoms with van der Waals surface area (Å²) in [4.78, 5) is 40.2. The number of likely N-dealkylation sites (tertiary alicyclic amines) is 1. The van der Waals surface area contributed by atoms with Gasteiger partial charge in [-0.1, -0.05) is 33.4 Å². The second-order valence-corrected chi connectivity index (χ2v) is 12.4. The normalized spacial score (nSPS) is 24.6. The van der Waals surface area contributed by atoms with Gasteiger partial charge in [-0.05, 0) is 36.4 Å². The van der Waals surface area contributed by atoms with E-state index in [2.05, 4.69) is 40.4 Å². The fourth-order valence-corrected chi connectivity index (χ4v) is 5.43. The molecule has 3 aliphatic heterocycles. The molecule has 0 aromatic rings. The molecular formula is C22H34N2O6Si. The molecule has 0 bridgehead atoms. The van der Waals surface area contributed by atoms with Gasteiger partial charge in [0.1, 0.15) is 12.3 Å². The fraction of sp³-hybridized carbons (Fsp3) is 0.682. The highest BCUT2D eigenvalue weighted by atomic mass is 28.3. The summed E-state index contributed by atoms with van der Waals surface area (Å²) in [5.74, 6) is -1.47. The summed E-state index contributed by atoms with van der Waals surface area (Å²) in [5.41, 5.74) is 0.749. The van der Waals surface area contributed by atoms with Gasteiger partial charge in [-0.2, -0.15) is 0 Å². The Hall–Kier alpha value is -2.13. The van der Waals surface area contributed by atoms with Gasteiger partial charge < -0.3 is 24.1 Å². The second-order valence-electron chi connectivity index (χ2n) is 10.0. The smallest absolute Gasteiger partial charge is 0.410 e. The summed E-state index contributed by atoms with van der Waals surface area (Å²) in [5, 5.41) is 9.86. The third-order valence-electron chi connectivity index (χ3n) is 6.56. The van der Waals surface area contributed by atoms with Crippen LogP contribution in [0.2, 0.25) is 13.1 Å². The number of ether oxygens (including phenoxy) is 1. The first-order chi connectivity index (χ1) is 14.5. The Balaban J connectivity index is 1.74. The van der Waals surface area contributed by atoms with E-state index in [0.29, 0.717) is 26.1 Å². The maximum Gasteiger partial charge on any atom is 0.410 e. The number of aliphatic carboxylic acids is 1. The fourth-order valence-electron chi connectivity index (χ4n) is 4.84. The Morgan fingerprint density at radius 3 is 2.48 bits per heavy atom. The van der Waals surface area contributed by atoms with E-state index in [1.807, 2.05) is 0 Å². The molecule has 31 heavy (non-hydrogen) atoms. The summed E-state index contributed by atoms with van der Waals surface area (Å²) in [6.45, 7) is 15.6. The number of carbonyl (C=O) groups excluding carboxylic acids is 2. The maximum atomic E-state index is 13.1. The number of hydrogen-bond donors (Lipinski definition) is 1. The molecule has 3 aliphatic rings. The Bertz CT molecular complexity index is 796. The predicted octanol–water partition coefficient (Wildman–Crippen LogP) is 2.47. The van der Waals surface area contributed by atoms with Gasteiger partial charge in [0.2, 0.25) is 5.91 Å². The topological polar surface area (TPSA) is 96.4 Å². The average Bonchev–Trinajstić information content (AvgIpc) is 2.96.